The Morgan fingerprint density at radius 2 is 1.74 bits per heavy atom. The van der Waals surface area contributed by atoms with Crippen LogP contribution in [-0.4, -0.2) is 33.7 Å². The molecular weight excluding hydrogens is 470 g/mol. The molecule has 0 radical (unpaired) electrons. The van der Waals surface area contributed by atoms with Crippen molar-refractivity contribution < 1.29 is 17.9 Å². The summed E-state index contributed by atoms with van der Waals surface area (Å²) in [5.41, 5.74) is 1.60. The number of sulfonamides is 1. The number of para-hydroxylation sites is 2. The summed E-state index contributed by atoms with van der Waals surface area (Å²) < 4.78 is 34.0. The zero-order valence-electron chi connectivity index (χ0n) is 18.9. The third-order valence-electron chi connectivity index (χ3n) is 4.89. The van der Waals surface area contributed by atoms with Crippen molar-refractivity contribution >= 4 is 39.1 Å². The molecule has 0 saturated carbocycles. The van der Waals surface area contributed by atoms with Crippen molar-refractivity contribution in [3.63, 3.8) is 0 Å². The number of amides is 1. The van der Waals surface area contributed by atoms with E-state index < -0.39 is 22.5 Å². The summed E-state index contributed by atoms with van der Waals surface area (Å²) in [5, 5.41) is 11.5. The van der Waals surface area contributed by atoms with Gasteiger partial charge in [0.25, 0.3) is 10.0 Å². The van der Waals surface area contributed by atoms with Crippen molar-refractivity contribution in [1.29, 1.82) is 5.26 Å². The van der Waals surface area contributed by atoms with Gasteiger partial charge in [-0.3, -0.25) is 9.10 Å². The van der Waals surface area contributed by atoms with Crippen LogP contribution in [0.15, 0.2) is 82.6 Å². The molecule has 3 aromatic rings. The lowest BCUT2D eigenvalue weighted by molar-refractivity contribution is -0.114. The van der Waals surface area contributed by atoms with E-state index in [1.165, 1.54) is 23.9 Å². The van der Waals surface area contributed by atoms with Crippen molar-refractivity contribution in [2.75, 3.05) is 29.0 Å². The topological polar surface area (TPSA) is 99.5 Å². The van der Waals surface area contributed by atoms with E-state index in [9.17, 15) is 13.2 Å². The standard InChI is InChI=1S/C25H25N3O4S2/c1-3-32-24-7-5-4-6-23(24)28(34(30,31)22-14-12-21(33-2)13-15-22)18-25(29)27-20-10-8-19(9-11-20)16-17-26/h4-15H,3,16,18H2,1-2H3,(H,27,29). The smallest absolute Gasteiger partial charge is 0.264 e. The number of rotatable bonds is 10. The van der Waals surface area contributed by atoms with E-state index >= 15 is 0 Å². The van der Waals surface area contributed by atoms with Gasteiger partial charge in [-0.25, -0.2) is 8.42 Å². The molecule has 176 valence electrons. The van der Waals surface area contributed by atoms with Crippen LogP contribution in [-0.2, 0) is 21.2 Å². The Morgan fingerprint density at radius 1 is 1.06 bits per heavy atom. The number of hydrogen-bond donors (Lipinski definition) is 1. The van der Waals surface area contributed by atoms with Crippen molar-refractivity contribution in [3.8, 4) is 11.8 Å². The third kappa shape index (κ3) is 6.10. The molecule has 1 N–H and O–H groups in total. The van der Waals surface area contributed by atoms with Gasteiger partial charge in [0, 0.05) is 10.6 Å². The molecule has 0 aromatic heterocycles. The number of anilines is 2. The first-order valence-corrected chi connectivity index (χ1v) is 13.2. The second-order valence-electron chi connectivity index (χ2n) is 7.17. The van der Waals surface area contributed by atoms with Crippen LogP contribution in [0.3, 0.4) is 0 Å². The highest BCUT2D eigenvalue weighted by Crippen LogP contribution is 2.33. The summed E-state index contributed by atoms with van der Waals surface area (Å²) in [4.78, 5) is 13.9. The average Bonchev–Trinajstić information content (AvgIpc) is 2.84. The van der Waals surface area contributed by atoms with Crippen molar-refractivity contribution in [3.05, 3.63) is 78.4 Å². The van der Waals surface area contributed by atoms with Gasteiger partial charge >= 0.3 is 0 Å². The Kier molecular flexibility index (Phi) is 8.57. The molecule has 0 spiro atoms. The highest BCUT2D eigenvalue weighted by atomic mass is 32.2. The number of thioether (sulfide) groups is 1. The van der Waals surface area contributed by atoms with E-state index in [0.717, 1.165) is 14.8 Å². The maximum absolute atomic E-state index is 13.6. The van der Waals surface area contributed by atoms with Gasteiger partial charge < -0.3 is 10.1 Å². The van der Waals surface area contributed by atoms with Crippen LogP contribution >= 0.6 is 11.8 Å². The average molecular weight is 496 g/mol. The lowest BCUT2D eigenvalue weighted by atomic mass is 10.1. The predicted octanol–water partition coefficient (Wildman–Crippen LogP) is 4.71. The molecule has 7 nitrogen and oxygen atoms in total. The van der Waals surface area contributed by atoms with Crippen LogP contribution in [0.4, 0.5) is 11.4 Å². The first-order valence-electron chi connectivity index (χ1n) is 10.5. The summed E-state index contributed by atoms with van der Waals surface area (Å²) in [6.07, 6.45) is 2.18. The number of hydrogen-bond acceptors (Lipinski definition) is 6. The molecule has 0 bridgehead atoms. The number of carbonyl (C=O) groups excluding carboxylic acids is 1. The Morgan fingerprint density at radius 3 is 2.35 bits per heavy atom. The van der Waals surface area contributed by atoms with Gasteiger partial charge in [0.05, 0.1) is 29.7 Å². The SMILES string of the molecule is CCOc1ccccc1N(CC(=O)Nc1ccc(CC#N)cc1)S(=O)(=O)c1ccc(SC)cc1. The fourth-order valence-electron chi connectivity index (χ4n) is 3.24. The molecule has 9 heteroatoms. The Hall–Kier alpha value is -3.48. The zero-order valence-corrected chi connectivity index (χ0v) is 20.5. The van der Waals surface area contributed by atoms with Crippen LogP contribution in [0, 0.1) is 11.3 Å². The zero-order chi connectivity index (χ0) is 24.6. The summed E-state index contributed by atoms with van der Waals surface area (Å²) in [5.74, 6) is -0.147. The van der Waals surface area contributed by atoms with Gasteiger partial charge in [0.2, 0.25) is 5.91 Å². The molecule has 0 aliphatic rings. The van der Waals surface area contributed by atoms with E-state index in [2.05, 4.69) is 11.4 Å². The van der Waals surface area contributed by atoms with E-state index in [-0.39, 0.29) is 17.0 Å². The largest absolute Gasteiger partial charge is 0.492 e. The van der Waals surface area contributed by atoms with Gasteiger partial charge in [0.1, 0.15) is 12.3 Å². The predicted molar refractivity (Wildman–Crippen MR) is 135 cm³/mol. The molecule has 0 aliphatic carbocycles. The van der Waals surface area contributed by atoms with Gasteiger partial charge in [-0.15, -0.1) is 11.8 Å². The molecule has 0 saturated heterocycles. The lowest BCUT2D eigenvalue weighted by Gasteiger charge is -2.26. The quantitative estimate of drug-likeness (QED) is 0.409. The van der Waals surface area contributed by atoms with Gasteiger partial charge in [-0.1, -0.05) is 24.3 Å². The lowest BCUT2D eigenvalue weighted by Crippen LogP contribution is -2.38. The van der Waals surface area contributed by atoms with E-state index in [4.69, 9.17) is 10.00 Å². The number of nitrogens with zero attached hydrogens (tertiary/aromatic N) is 2. The fraction of sp³-hybridized carbons (Fsp3) is 0.200. The fourth-order valence-corrected chi connectivity index (χ4v) is 5.08. The van der Waals surface area contributed by atoms with Crippen LogP contribution in [0.25, 0.3) is 0 Å². The Labute approximate surface area is 204 Å². The number of carbonyl (C=O) groups is 1. The highest BCUT2D eigenvalue weighted by Gasteiger charge is 2.29. The molecule has 3 rings (SSSR count). The summed E-state index contributed by atoms with van der Waals surface area (Å²) in [7, 11) is -4.07. The van der Waals surface area contributed by atoms with Crippen LogP contribution in [0.5, 0.6) is 5.75 Å². The van der Waals surface area contributed by atoms with E-state index in [0.29, 0.717) is 18.0 Å². The molecule has 0 heterocycles. The molecule has 0 unspecified atom stereocenters. The van der Waals surface area contributed by atoms with Crippen molar-refractivity contribution in [2.45, 2.75) is 23.1 Å². The number of nitriles is 1. The maximum atomic E-state index is 13.6. The van der Waals surface area contributed by atoms with Crippen LogP contribution in [0.2, 0.25) is 0 Å². The monoisotopic (exact) mass is 495 g/mol. The van der Waals surface area contributed by atoms with E-state index in [1.807, 2.05) is 6.26 Å². The summed E-state index contributed by atoms with van der Waals surface area (Å²) >= 11 is 1.51. The first-order chi connectivity index (χ1) is 16.4. The second kappa shape index (κ2) is 11.6. The van der Waals surface area contributed by atoms with Gasteiger partial charge in [-0.2, -0.15) is 5.26 Å². The summed E-state index contributed by atoms with van der Waals surface area (Å²) in [6, 6.07) is 22.2. The van der Waals surface area contributed by atoms with Crippen LogP contribution < -0.4 is 14.4 Å². The maximum Gasteiger partial charge on any atom is 0.264 e. The molecule has 0 atom stereocenters. The van der Waals surface area contributed by atoms with E-state index in [1.54, 1.807) is 67.6 Å². The molecule has 1 amide bonds. The molecule has 3 aromatic carbocycles. The second-order valence-corrected chi connectivity index (χ2v) is 9.91. The Balaban J connectivity index is 1.94. The number of nitrogens with one attached hydrogen (secondary N) is 1. The highest BCUT2D eigenvalue weighted by molar-refractivity contribution is 7.98. The number of benzene rings is 3. The van der Waals surface area contributed by atoms with Crippen molar-refractivity contribution in [1.82, 2.24) is 0 Å². The third-order valence-corrected chi connectivity index (χ3v) is 7.41. The number of ether oxygens (including phenoxy) is 1. The normalized spacial score (nSPS) is 10.9. The molecule has 34 heavy (non-hydrogen) atoms. The van der Waals surface area contributed by atoms with Crippen LogP contribution in [0.1, 0.15) is 12.5 Å². The molecule has 0 fully saturated rings. The summed E-state index contributed by atoms with van der Waals surface area (Å²) in [6.45, 7) is 1.70. The minimum atomic E-state index is -4.07. The van der Waals surface area contributed by atoms with Gasteiger partial charge in [-0.05, 0) is 67.3 Å². The van der Waals surface area contributed by atoms with Crippen molar-refractivity contribution in [2.24, 2.45) is 0 Å². The molecule has 0 aliphatic heterocycles. The minimum absolute atomic E-state index is 0.0743. The minimum Gasteiger partial charge on any atom is -0.492 e. The first kappa shape index (κ1) is 25.1. The Bertz CT molecular complexity index is 1270. The van der Waals surface area contributed by atoms with Gasteiger partial charge in [0.15, 0.2) is 0 Å². The molecular formula is C25H25N3O4S2.